The van der Waals surface area contributed by atoms with Crippen LogP contribution in [0.2, 0.25) is 0 Å². The number of fused-ring (bicyclic) bond motifs is 1. The number of hydrogen-bond acceptors (Lipinski definition) is 3. The molecule has 0 spiro atoms. The lowest BCUT2D eigenvalue weighted by Gasteiger charge is -1.95. The first-order chi connectivity index (χ1) is 7.31. The van der Waals surface area contributed by atoms with Crippen molar-refractivity contribution in [2.75, 3.05) is 0 Å². The van der Waals surface area contributed by atoms with Crippen LogP contribution in [0.25, 0.3) is 11.1 Å². The fourth-order valence-electron chi connectivity index (χ4n) is 1.67. The molecule has 0 unspecified atom stereocenters. The maximum atomic E-state index is 5.65. The van der Waals surface area contributed by atoms with E-state index in [1.54, 1.807) is 0 Å². The number of nitrogens with zero attached hydrogens (tertiary/aromatic N) is 1. The quantitative estimate of drug-likeness (QED) is 0.830. The van der Waals surface area contributed by atoms with Gasteiger partial charge in [0.1, 0.15) is 5.52 Å². The van der Waals surface area contributed by atoms with Gasteiger partial charge in [0.2, 0.25) is 5.89 Å². The maximum Gasteiger partial charge on any atom is 0.209 e. The van der Waals surface area contributed by atoms with E-state index < -0.39 is 0 Å². The smallest absolute Gasteiger partial charge is 0.209 e. The number of hydrogen-bond donors (Lipinski definition) is 1. The van der Waals surface area contributed by atoms with Crippen LogP contribution in [0.3, 0.4) is 0 Å². The summed E-state index contributed by atoms with van der Waals surface area (Å²) in [5, 5.41) is 3.39. The minimum Gasteiger partial charge on any atom is -0.439 e. The molecule has 3 nitrogen and oxygen atoms in total. The fourth-order valence-corrected chi connectivity index (χ4v) is 1.67. The van der Waals surface area contributed by atoms with E-state index in [4.69, 9.17) is 4.42 Å². The Labute approximate surface area is 88.5 Å². The third-order valence-electron chi connectivity index (χ3n) is 2.71. The Balaban J connectivity index is 1.84. The zero-order chi connectivity index (χ0) is 10.3. The van der Waals surface area contributed by atoms with Crippen molar-refractivity contribution in [1.29, 1.82) is 0 Å². The summed E-state index contributed by atoms with van der Waals surface area (Å²) in [6, 6.07) is 6.79. The molecule has 1 saturated carbocycles. The summed E-state index contributed by atoms with van der Waals surface area (Å²) in [7, 11) is 0. The molecule has 3 heteroatoms. The summed E-state index contributed by atoms with van der Waals surface area (Å²) in [6.45, 7) is 2.81. The highest BCUT2D eigenvalue weighted by atomic mass is 16.3. The fraction of sp³-hybridized carbons (Fsp3) is 0.417. The summed E-state index contributed by atoms with van der Waals surface area (Å²) in [5.41, 5.74) is 3.05. The van der Waals surface area contributed by atoms with E-state index in [0.717, 1.165) is 23.5 Å². The lowest BCUT2D eigenvalue weighted by molar-refractivity contribution is 0.494. The number of nitrogens with one attached hydrogen (secondary N) is 1. The monoisotopic (exact) mass is 202 g/mol. The van der Waals surface area contributed by atoms with Crippen LogP contribution in [0.15, 0.2) is 22.6 Å². The second-order valence-corrected chi connectivity index (χ2v) is 4.23. The predicted octanol–water partition coefficient (Wildman–Crippen LogP) is 2.39. The molecule has 1 aromatic heterocycles. The van der Waals surface area contributed by atoms with Gasteiger partial charge < -0.3 is 9.73 Å². The third kappa shape index (κ3) is 1.88. The van der Waals surface area contributed by atoms with Gasteiger partial charge in [0.05, 0.1) is 6.54 Å². The largest absolute Gasteiger partial charge is 0.439 e. The Morgan fingerprint density at radius 3 is 3.13 bits per heavy atom. The van der Waals surface area contributed by atoms with Gasteiger partial charge in [-0.15, -0.1) is 0 Å². The molecule has 1 aliphatic rings. The second-order valence-electron chi connectivity index (χ2n) is 4.23. The van der Waals surface area contributed by atoms with Gasteiger partial charge in [-0.05, 0) is 37.5 Å². The molecule has 1 fully saturated rings. The average Bonchev–Trinajstić information content (AvgIpc) is 2.95. The van der Waals surface area contributed by atoms with Crippen molar-refractivity contribution >= 4 is 11.1 Å². The zero-order valence-corrected chi connectivity index (χ0v) is 8.79. The molecule has 0 radical (unpaired) electrons. The van der Waals surface area contributed by atoms with Crippen LogP contribution in [0, 0.1) is 6.92 Å². The molecule has 0 aliphatic heterocycles. The van der Waals surface area contributed by atoms with Gasteiger partial charge >= 0.3 is 0 Å². The minimum absolute atomic E-state index is 0.696. The first-order valence-corrected chi connectivity index (χ1v) is 5.41. The van der Waals surface area contributed by atoms with E-state index in [2.05, 4.69) is 23.3 Å². The lowest BCUT2D eigenvalue weighted by Crippen LogP contribution is -2.15. The molecule has 0 atom stereocenters. The Bertz CT molecular complexity index is 485. The normalized spacial score (nSPS) is 16.1. The molecule has 3 rings (SSSR count). The number of aryl methyl sites for hydroxylation is 1. The third-order valence-corrected chi connectivity index (χ3v) is 2.71. The minimum atomic E-state index is 0.696. The summed E-state index contributed by atoms with van der Waals surface area (Å²) < 4.78 is 5.65. The first-order valence-electron chi connectivity index (χ1n) is 5.41. The van der Waals surface area contributed by atoms with Crippen molar-refractivity contribution in [3.8, 4) is 0 Å². The van der Waals surface area contributed by atoms with Crippen LogP contribution in [-0.2, 0) is 6.54 Å². The van der Waals surface area contributed by atoms with Gasteiger partial charge in [-0.1, -0.05) is 6.07 Å². The Morgan fingerprint density at radius 2 is 2.33 bits per heavy atom. The molecular formula is C12H14N2O. The van der Waals surface area contributed by atoms with Crippen LogP contribution in [0.1, 0.15) is 24.3 Å². The molecule has 78 valence electrons. The van der Waals surface area contributed by atoms with E-state index in [-0.39, 0.29) is 0 Å². The van der Waals surface area contributed by atoms with Crippen LogP contribution in [0.5, 0.6) is 0 Å². The van der Waals surface area contributed by atoms with Crippen LogP contribution in [0.4, 0.5) is 0 Å². The van der Waals surface area contributed by atoms with E-state index in [1.807, 2.05) is 12.1 Å². The van der Waals surface area contributed by atoms with Crippen molar-refractivity contribution in [2.45, 2.75) is 32.4 Å². The van der Waals surface area contributed by atoms with E-state index in [0.29, 0.717) is 6.04 Å². The maximum absolute atomic E-state index is 5.65. The highest BCUT2D eigenvalue weighted by molar-refractivity contribution is 5.73. The Kier molecular flexibility index (Phi) is 1.99. The van der Waals surface area contributed by atoms with Crippen molar-refractivity contribution in [1.82, 2.24) is 10.3 Å². The summed E-state index contributed by atoms with van der Waals surface area (Å²) in [5.74, 6) is 0.794. The number of aromatic nitrogens is 1. The Morgan fingerprint density at radius 1 is 1.47 bits per heavy atom. The number of benzene rings is 1. The standard InChI is InChI=1S/C12H14N2O/c1-8-2-5-10-11(6-8)15-12(14-10)7-13-9-3-4-9/h2,5-6,9,13H,3-4,7H2,1H3. The summed E-state index contributed by atoms with van der Waals surface area (Å²) in [6.07, 6.45) is 2.58. The van der Waals surface area contributed by atoms with E-state index >= 15 is 0 Å². The van der Waals surface area contributed by atoms with Gasteiger partial charge in [-0.2, -0.15) is 0 Å². The predicted molar refractivity (Wildman–Crippen MR) is 58.6 cm³/mol. The topological polar surface area (TPSA) is 38.1 Å². The molecule has 1 heterocycles. The molecule has 1 N–H and O–H groups in total. The van der Waals surface area contributed by atoms with E-state index in [9.17, 15) is 0 Å². The number of rotatable bonds is 3. The molecule has 0 saturated heterocycles. The van der Waals surface area contributed by atoms with E-state index in [1.165, 1.54) is 18.4 Å². The van der Waals surface area contributed by atoms with Crippen molar-refractivity contribution in [3.63, 3.8) is 0 Å². The highest BCUT2D eigenvalue weighted by Crippen LogP contribution is 2.21. The SMILES string of the molecule is Cc1ccc2nc(CNC3CC3)oc2c1. The second kappa shape index (κ2) is 3.35. The van der Waals surface area contributed by atoms with Gasteiger partial charge in [-0.25, -0.2) is 4.98 Å². The van der Waals surface area contributed by atoms with Gasteiger partial charge in [-0.3, -0.25) is 0 Å². The number of oxazole rings is 1. The first kappa shape index (κ1) is 8.92. The molecule has 15 heavy (non-hydrogen) atoms. The van der Waals surface area contributed by atoms with Crippen molar-refractivity contribution in [2.24, 2.45) is 0 Å². The highest BCUT2D eigenvalue weighted by Gasteiger charge is 2.20. The molecule has 0 bridgehead atoms. The molecule has 2 aromatic rings. The average molecular weight is 202 g/mol. The van der Waals surface area contributed by atoms with Crippen LogP contribution < -0.4 is 5.32 Å². The van der Waals surface area contributed by atoms with Gasteiger partial charge in [0.25, 0.3) is 0 Å². The molecule has 1 aliphatic carbocycles. The van der Waals surface area contributed by atoms with Crippen molar-refractivity contribution in [3.05, 3.63) is 29.7 Å². The molecular weight excluding hydrogens is 188 g/mol. The van der Waals surface area contributed by atoms with Gasteiger partial charge in [0.15, 0.2) is 5.58 Å². The molecule has 0 amide bonds. The summed E-state index contributed by atoms with van der Waals surface area (Å²) in [4.78, 5) is 4.42. The van der Waals surface area contributed by atoms with Crippen LogP contribution >= 0.6 is 0 Å². The lowest BCUT2D eigenvalue weighted by atomic mass is 10.2. The Hall–Kier alpha value is -1.35. The summed E-state index contributed by atoms with van der Waals surface area (Å²) >= 11 is 0. The van der Waals surface area contributed by atoms with Crippen LogP contribution in [-0.4, -0.2) is 11.0 Å². The van der Waals surface area contributed by atoms with Gasteiger partial charge in [0, 0.05) is 6.04 Å². The molecule has 1 aromatic carbocycles. The van der Waals surface area contributed by atoms with Crippen molar-refractivity contribution < 1.29 is 4.42 Å². The zero-order valence-electron chi connectivity index (χ0n) is 8.79.